The van der Waals surface area contributed by atoms with Crippen LogP contribution >= 0.6 is 12.2 Å². The fraction of sp³-hybridized carbons (Fsp3) is 0.174. The molecule has 0 bridgehead atoms. The van der Waals surface area contributed by atoms with Crippen molar-refractivity contribution in [1.29, 1.82) is 0 Å². The van der Waals surface area contributed by atoms with Gasteiger partial charge in [0.15, 0.2) is 5.11 Å². The second-order valence-corrected chi connectivity index (χ2v) is 7.51. The molecule has 2 aromatic carbocycles. The van der Waals surface area contributed by atoms with Crippen molar-refractivity contribution >= 4 is 22.9 Å². The number of aryl methyl sites for hydroxylation is 1. The van der Waals surface area contributed by atoms with Crippen LogP contribution in [0, 0.1) is 12.7 Å². The molecule has 7 heteroatoms. The maximum atomic E-state index is 13.5. The van der Waals surface area contributed by atoms with Crippen molar-refractivity contribution in [1.82, 2.24) is 20.4 Å². The maximum Gasteiger partial charge on any atom is 0.258 e. The van der Waals surface area contributed by atoms with Gasteiger partial charge in [0.1, 0.15) is 5.82 Å². The van der Waals surface area contributed by atoms with Crippen molar-refractivity contribution in [3.8, 4) is 11.4 Å². The third-order valence-electron chi connectivity index (χ3n) is 5.04. The highest BCUT2D eigenvalue weighted by atomic mass is 32.1. The predicted molar refractivity (Wildman–Crippen MR) is 119 cm³/mol. The summed E-state index contributed by atoms with van der Waals surface area (Å²) in [4.78, 5) is 6.59. The molecule has 0 radical (unpaired) electrons. The molecule has 1 aromatic heterocycles. The zero-order valence-electron chi connectivity index (χ0n) is 16.7. The number of hydrogen-bond acceptors (Lipinski definition) is 4. The van der Waals surface area contributed by atoms with Gasteiger partial charge < -0.3 is 14.7 Å². The molecule has 0 aliphatic carbocycles. The van der Waals surface area contributed by atoms with Crippen LogP contribution in [-0.2, 0) is 0 Å². The van der Waals surface area contributed by atoms with Crippen LogP contribution in [0.3, 0.4) is 0 Å². The first-order chi connectivity index (χ1) is 14.5. The normalized spacial score (nSPS) is 16.6. The maximum absolute atomic E-state index is 13.5. The minimum absolute atomic E-state index is 0.299. The molecule has 5 nitrogen and oxygen atoms in total. The summed E-state index contributed by atoms with van der Waals surface area (Å²) in [6, 6.07) is 13.9. The Morgan fingerprint density at radius 2 is 2.00 bits per heavy atom. The Balaban J connectivity index is 1.82. The van der Waals surface area contributed by atoms with E-state index in [4.69, 9.17) is 16.7 Å². The molecule has 0 saturated carbocycles. The van der Waals surface area contributed by atoms with Gasteiger partial charge in [-0.05, 0) is 49.8 Å². The quantitative estimate of drug-likeness (QED) is 0.461. The molecule has 1 aliphatic heterocycles. The molecule has 152 valence electrons. The third kappa shape index (κ3) is 3.76. The molecule has 3 aromatic rings. The average molecular weight is 421 g/mol. The number of aromatic nitrogens is 2. The number of nitrogens with one attached hydrogen (secondary N) is 1. The Morgan fingerprint density at radius 3 is 2.70 bits per heavy atom. The number of rotatable bonds is 5. The van der Waals surface area contributed by atoms with Crippen LogP contribution in [0.4, 0.5) is 4.39 Å². The Labute approximate surface area is 179 Å². The van der Waals surface area contributed by atoms with Crippen LogP contribution in [0.2, 0.25) is 0 Å². The summed E-state index contributed by atoms with van der Waals surface area (Å²) >= 11 is 5.56. The highest BCUT2D eigenvalue weighted by molar-refractivity contribution is 7.80. The van der Waals surface area contributed by atoms with Crippen LogP contribution in [0.5, 0.6) is 0 Å². The van der Waals surface area contributed by atoms with Crippen LogP contribution < -0.4 is 5.32 Å². The number of hydrogen-bond donors (Lipinski definition) is 1. The summed E-state index contributed by atoms with van der Waals surface area (Å²) in [6.45, 7) is 8.33. The SMILES string of the molecule is C=CCN1C(=S)NC(c2ccc(F)cc2)C(c2nc(-c3cccc(C)c3)no2)=C1C. The average Bonchev–Trinajstić information content (AvgIpc) is 3.21. The van der Waals surface area contributed by atoms with E-state index in [9.17, 15) is 4.39 Å². The Kier molecular flexibility index (Phi) is 5.46. The summed E-state index contributed by atoms with van der Waals surface area (Å²) in [5.41, 5.74) is 4.52. The summed E-state index contributed by atoms with van der Waals surface area (Å²) in [5.74, 6) is 0.602. The van der Waals surface area contributed by atoms with Gasteiger partial charge in [-0.2, -0.15) is 4.98 Å². The van der Waals surface area contributed by atoms with E-state index in [0.717, 1.165) is 28.0 Å². The first-order valence-electron chi connectivity index (χ1n) is 9.54. The van der Waals surface area contributed by atoms with Crippen molar-refractivity contribution in [2.24, 2.45) is 0 Å². The minimum atomic E-state index is -0.343. The lowest BCUT2D eigenvalue weighted by molar-refractivity contribution is 0.399. The third-order valence-corrected chi connectivity index (χ3v) is 5.38. The lowest BCUT2D eigenvalue weighted by atomic mass is 9.95. The summed E-state index contributed by atoms with van der Waals surface area (Å²) in [7, 11) is 0. The van der Waals surface area contributed by atoms with Gasteiger partial charge in [0.2, 0.25) is 5.82 Å². The summed E-state index contributed by atoms with van der Waals surface area (Å²) < 4.78 is 19.2. The monoisotopic (exact) mass is 420 g/mol. The van der Waals surface area contributed by atoms with Gasteiger partial charge in [0.25, 0.3) is 5.89 Å². The van der Waals surface area contributed by atoms with Crippen molar-refractivity contribution in [2.45, 2.75) is 19.9 Å². The van der Waals surface area contributed by atoms with Crippen LogP contribution in [0.1, 0.15) is 30.0 Å². The van der Waals surface area contributed by atoms with E-state index in [0.29, 0.717) is 23.4 Å². The smallest absolute Gasteiger partial charge is 0.258 e. The highest BCUT2D eigenvalue weighted by Crippen LogP contribution is 2.37. The zero-order valence-corrected chi connectivity index (χ0v) is 17.5. The van der Waals surface area contributed by atoms with Gasteiger partial charge in [0, 0.05) is 17.8 Å². The molecule has 2 heterocycles. The highest BCUT2D eigenvalue weighted by Gasteiger charge is 2.33. The van der Waals surface area contributed by atoms with E-state index in [1.807, 2.05) is 43.0 Å². The van der Waals surface area contributed by atoms with Crippen LogP contribution in [0.25, 0.3) is 17.0 Å². The molecule has 0 spiro atoms. The molecule has 0 amide bonds. The number of thiocarbonyl (C=S) groups is 1. The largest absolute Gasteiger partial charge is 0.351 e. The van der Waals surface area contributed by atoms with E-state index in [1.54, 1.807) is 18.2 Å². The molecule has 0 saturated heterocycles. The number of nitrogens with zero attached hydrogens (tertiary/aromatic N) is 3. The fourth-order valence-corrected chi connectivity index (χ4v) is 3.88. The predicted octanol–water partition coefficient (Wildman–Crippen LogP) is 5.03. The van der Waals surface area contributed by atoms with Gasteiger partial charge in [-0.1, -0.05) is 47.1 Å². The molecule has 1 atom stereocenters. The van der Waals surface area contributed by atoms with E-state index < -0.39 is 0 Å². The van der Waals surface area contributed by atoms with E-state index in [1.165, 1.54) is 12.1 Å². The van der Waals surface area contributed by atoms with Crippen molar-refractivity contribution in [3.63, 3.8) is 0 Å². The van der Waals surface area contributed by atoms with E-state index >= 15 is 0 Å². The van der Waals surface area contributed by atoms with Crippen LogP contribution in [-0.4, -0.2) is 26.7 Å². The van der Waals surface area contributed by atoms with Gasteiger partial charge in [-0.15, -0.1) is 6.58 Å². The first-order valence-corrected chi connectivity index (χ1v) is 9.95. The lowest BCUT2D eigenvalue weighted by Crippen LogP contribution is -2.45. The van der Waals surface area contributed by atoms with Gasteiger partial charge in [-0.25, -0.2) is 4.39 Å². The lowest BCUT2D eigenvalue weighted by Gasteiger charge is -2.36. The molecule has 30 heavy (non-hydrogen) atoms. The van der Waals surface area contributed by atoms with Gasteiger partial charge in [0.05, 0.1) is 11.6 Å². The van der Waals surface area contributed by atoms with E-state index in [-0.39, 0.29) is 11.9 Å². The molecular weight excluding hydrogens is 399 g/mol. The Hall–Kier alpha value is -3.32. The Morgan fingerprint density at radius 1 is 1.23 bits per heavy atom. The topological polar surface area (TPSA) is 54.2 Å². The second-order valence-electron chi connectivity index (χ2n) is 7.13. The standard InChI is InChI=1S/C23H21FN4OS/c1-4-12-28-15(3)19(20(25-23(28)30)16-8-10-18(24)11-9-16)22-26-21(27-29-22)17-7-5-6-14(2)13-17/h4-11,13,20H,1,12H2,2-3H3,(H,25,30). The van der Waals surface area contributed by atoms with Crippen LogP contribution in [0.15, 0.2) is 71.4 Å². The second kappa shape index (κ2) is 8.20. The van der Waals surface area contributed by atoms with E-state index in [2.05, 4.69) is 22.0 Å². The molecule has 1 unspecified atom stereocenters. The fourth-order valence-electron chi connectivity index (χ4n) is 3.55. The molecular formula is C23H21FN4OS. The number of halogens is 1. The zero-order chi connectivity index (χ0) is 21.3. The van der Waals surface area contributed by atoms with Crippen molar-refractivity contribution < 1.29 is 8.91 Å². The molecule has 0 fully saturated rings. The summed E-state index contributed by atoms with van der Waals surface area (Å²) in [6.07, 6.45) is 1.78. The van der Waals surface area contributed by atoms with Gasteiger partial charge >= 0.3 is 0 Å². The number of allylic oxidation sites excluding steroid dienone is 1. The molecule has 1 aliphatic rings. The number of benzene rings is 2. The van der Waals surface area contributed by atoms with Crippen molar-refractivity contribution in [2.75, 3.05) is 6.54 Å². The van der Waals surface area contributed by atoms with Gasteiger partial charge in [-0.3, -0.25) is 0 Å². The molecule has 4 rings (SSSR count). The Bertz CT molecular complexity index is 1140. The summed E-state index contributed by atoms with van der Waals surface area (Å²) in [5, 5.41) is 8.07. The minimum Gasteiger partial charge on any atom is -0.351 e. The van der Waals surface area contributed by atoms with Crippen molar-refractivity contribution in [3.05, 3.63) is 89.7 Å². The molecule has 1 N–H and O–H groups in total. The first kappa shape index (κ1) is 20.0.